The summed E-state index contributed by atoms with van der Waals surface area (Å²) < 4.78 is 5.47. The van der Waals surface area contributed by atoms with Crippen molar-refractivity contribution >= 4 is 23.6 Å². The van der Waals surface area contributed by atoms with Crippen LogP contribution in [-0.2, 0) is 17.6 Å². The highest BCUT2D eigenvalue weighted by atomic mass is 35.5. The molecule has 0 saturated heterocycles. The number of rotatable bonds is 7. The summed E-state index contributed by atoms with van der Waals surface area (Å²) in [5, 5.41) is 7.90. The van der Waals surface area contributed by atoms with Gasteiger partial charge in [0, 0.05) is 41.9 Å². The Morgan fingerprint density at radius 3 is 2.65 bits per heavy atom. The van der Waals surface area contributed by atoms with Gasteiger partial charge in [-0.1, -0.05) is 41.0 Å². The van der Waals surface area contributed by atoms with E-state index in [1.54, 1.807) is 6.08 Å². The molecule has 1 N–H and O–H groups in total. The van der Waals surface area contributed by atoms with Crippen molar-refractivity contribution in [2.45, 2.75) is 57.9 Å². The van der Waals surface area contributed by atoms with E-state index in [1.807, 2.05) is 43.3 Å². The molecule has 1 saturated carbocycles. The largest absolute Gasteiger partial charge is 0.356 e. The van der Waals surface area contributed by atoms with Crippen molar-refractivity contribution in [1.29, 1.82) is 0 Å². The van der Waals surface area contributed by atoms with Crippen molar-refractivity contribution < 1.29 is 9.32 Å². The van der Waals surface area contributed by atoms with Crippen molar-refractivity contribution in [3.8, 4) is 11.3 Å². The standard InChI is InChI=1S/C31H36ClN3O2/c1-22-19-30(37-34-22)27-9-8-25-14-17-35(18-15-26(25)21-27)16-13-23-5-10-29(11-6-23)33-31(36)12-7-24-3-2-4-28(32)20-24/h2-4,7-9,12,19-21,23,29H,5-6,10-11,13-18H2,1H3,(H,33,36)/b12-7+. The molecule has 194 valence electrons. The number of carbonyl (C=O) groups is 1. The molecule has 0 atom stereocenters. The third-order valence-corrected chi connectivity index (χ3v) is 8.07. The first-order valence-corrected chi connectivity index (χ1v) is 13.9. The molecule has 1 aromatic heterocycles. The number of benzene rings is 2. The number of amides is 1. The van der Waals surface area contributed by atoms with E-state index in [4.69, 9.17) is 16.1 Å². The molecule has 2 heterocycles. The van der Waals surface area contributed by atoms with Crippen LogP contribution in [0.3, 0.4) is 0 Å². The molecule has 1 fully saturated rings. The van der Waals surface area contributed by atoms with Gasteiger partial charge in [0.05, 0.1) is 5.69 Å². The summed E-state index contributed by atoms with van der Waals surface area (Å²) in [6, 6.07) is 16.5. The summed E-state index contributed by atoms with van der Waals surface area (Å²) in [6.45, 7) is 5.35. The van der Waals surface area contributed by atoms with Crippen molar-refractivity contribution in [3.05, 3.63) is 82.0 Å². The van der Waals surface area contributed by atoms with Crippen LogP contribution >= 0.6 is 11.6 Å². The minimum atomic E-state index is -0.0193. The van der Waals surface area contributed by atoms with Crippen LogP contribution in [0.4, 0.5) is 0 Å². The van der Waals surface area contributed by atoms with E-state index in [9.17, 15) is 4.79 Å². The summed E-state index contributed by atoms with van der Waals surface area (Å²) >= 11 is 6.02. The Bertz CT molecular complexity index is 1240. The van der Waals surface area contributed by atoms with E-state index < -0.39 is 0 Å². The fourth-order valence-corrected chi connectivity index (χ4v) is 5.84. The lowest BCUT2D eigenvalue weighted by Gasteiger charge is -2.30. The monoisotopic (exact) mass is 517 g/mol. The SMILES string of the molecule is Cc1cc(-c2ccc3c(c2)CCN(CCC2CCC(NC(=O)/C=C/c4cccc(Cl)c4)CC2)CC3)on1. The normalized spacial score (nSPS) is 20.5. The lowest BCUT2D eigenvalue weighted by molar-refractivity contribution is -0.117. The van der Waals surface area contributed by atoms with Gasteiger partial charge in [0.25, 0.3) is 0 Å². The van der Waals surface area contributed by atoms with Crippen LogP contribution in [0.1, 0.15) is 54.5 Å². The van der Waals surface area contributed by atoms with Crippen LogP contribution in [0.2, 0.25) is 5.02 Å². The maximum absolute atomic E-state index is 12.4. The molecule has 1 aliphatic heterocycles. The van der Waals surface area contributed by atoms with Gasteiger partial charge in [-0.25, -0.2) is 0 Å². The quantitative estimate of drug-likeness (QED) is 0.364. The van der Waals surface area contributed by atoms with Gasteiger partial charge in [-0.2, -0.15) is 0 Å². The van der Waals surface area contributed by atoms with Crippen LogP contribution in [-0.4, -0.2) is 41.6 Å². The first-order chi connectivity index (χ1) is 18.0. The van der Waals surface area contributed by atoms with Gasteiger partial charge in [0.1, 0.15) is 0 Å². The predicted octanol–water partition coefficient (Wildman–Crippen LogP) is 6.48. The zero-order chi connectivity index (χ0) is 25.6. The van der Waals surface area contributed by atoms with Gasteiger partial charge < -0.3 is 14.7 Å². The molecule has 0 unspecified atom stereocenters. The average molecular weight is 518 g/mol. The minimum Gasteiger partial charge on any atom is -0.356 e. The molecule has 2 aromatic carbocycles. The highest BCUT2D eigenvalue weighted by Crippen LogP contribution is 2.29. The Labute approximate surface area is 224 Å². The van der Waals surface area contributed by atoms with Crippen molar-refractivity contribution in [3.63, 3.8) is 0 Å². The van der Waals surface area contributed by atoms with Crippen LogP contribution in [0.25, 0.3) is 17.4 Å². The molecule has 3 aromatic rings. The molecular weight excluding hydrogens is 482 g/mol. The van der Waals surface area contributed by atoms with Gasteiger partial charge >= 0.3 is 0 Å². The Morgan fingerprint density at radius 1 is 1.08 bits per heavy atom. The van der Waals surface area contributed by atoms with Crippen molar-refractivity contribution in [2.75, 3.05) is 19.6 Å². The number of nitrogens with one attached hydrogen (secondary N) is 1. The first-order valence-electron chi connectivity index (χ1n) is 13.5. The topological polar surface area (TPSA) is 58.4 Å². The van der Waals surface area contributed by atoms with E-state index in [0.29, 0.717) is 5.02 Å². The maximum atomic E-state index is 12.4. The minimum absolute atomic E-state index is 0.0193. The molecule has 0 radical (unpaired) electrons. The van der Waals surface area contributed by atoms with Crippen LogP contribution in [0.5, 0.6) is 0 Å². The second kappa shape index (κ2) is 12.1. The Hall–Kier alpha value is -2.89. The molecule has 37 heavy (non-hydrogen) atoms. The highest BCUT2D eigenvalue weighted by molar-refractivity contribution is 6.30. The Balaban J connectivity index is 1.04. The van der Waals surface area contributed by atoms with E-state index >= 15 is 0 Å². The highest BCUT2D eigenvalue weighted by Gasteiger charge is 2.23. The smallest absolute Gasteiger partial charge is 0.244 e. The molecule has 0 spiro atoms. The van der Waals surface area contributed by atoms with Gasteiger partial charge in [-0.3, -0.25) is 4.79 Å². The second-order valence-electron chi connectivity index (χ2n) is 10.6. The van der Waals surface area contributed by atoms with Gasteiger partial charge in [-0.05, 0) is 105 Å². The third-order valence-electron chi connectivity index (χ3n) is 7.84. The second-order valence-corrected chi connectivity index (χ2v) is 11.0. The van der Waals surface area contributed by atoms with E-state index in [2.05, 4.69) is 33.6 Å². The molecule has 1 amide bonds. The summed E-state index contributed by atoms with van der Waals surface area (Å²) in [6.07, 6.45) is 11.4. The lowest BCUT2D eigenvalue weighted by atomic mass is 9.84. The molecule has 0 bridgehead atoms. The maximum Gasteiger partial charge on any atom is 0.244 e. The zero-order valence-electron chi connectivity index (χ0n) is 21.6. The molecule has 6 heteroatoms. The fraction of sp³-hybridized carbons (Fsp3) is 0.419. The van der Waals surface area contributed by atoms with E-state index in [0.717, 1.165) is 73.8 Å². The predicted molar refractivity (Wildman–Crippen MR) is 150 cm³/mol. The summed E-state index contributed by atoms with van der Waals surface area (Å²) in [7, 11) is 0. The number of hydrogen-bond acceptors (Lipinski definition) is 4. The van der Waals surface area contributed by atoms with Crippen LogP contribution < -0.4 is 5.32 Å². The number of fused-ring (bicyclic) bond motifs is 1. The van der Waals surface area contributed by atoms with Gasteiger partial charge in [0.2, 0.25) is 5.91 Å². The molecular formula is C31H36ClN3O2. The Morgan fingerprint density at radius 2 is 1.89 bits per heavy atom. The number of nitrogens with zero attached hydrogens (tertiary/aromatic N) is 2. The third kappa shape index (κ3) is 7.12. The number of aromatic nitrogens is 1. The van der Waals surface area contributed by atoms with Crippen LogP contribution in [0.15, 0.2) is 59.1 Å². The molecule has 2 aliphatic rings. The number of carbonyl (C=O) groups excluding carboxylic acids is 1. The lowest BCUT2D eigenvalue weighted by Crippen LogP contribution is -2.37. The van der Waals surface area contributed by atoms with Crippen molar-refractivity contribution in [1.82, 2.24) is 15.4 Å². The zero-order valence-corrected chi connectivity index (χ0v) is 22.3. The number of aryl methyl sites for hydroxylation is 1. The summed E-state index contributed by atoms with van der Waals surface area (Å²) in [5.74, 6) is 1.58. The summed E-state index contributed by atoms with van der Waals surface area (Å²) in [5.41, 5.74) is 5.88. The number of halogens is 1. The fourth-order valence-electron chi connectivity index (χ4n) is 5.64. The van der Waals surface area contributed by atoms with E-state index in [1.165, 1.54) is 30.4 Å². The number of hydrogen-bond donors (Lipinski definition) is 1. The average Bonchev–Trinajstić information content (AvgIpc) is 3.23. The van der Waals surface area contributed by atoms with Gasteiger partial charge in [0.15, 0.2) is 5.76 Å². The molecule has 5 nitrogen and oxygen atoms in total. The summed E-state index contributed by atoms with van der Waals surface area (Å²) in [4.78, 5) is 15.0. The van der Waals surface area contributed by atoms with Crippen molar-refractivity contribution in [2.24, 2.45) is 5.92 Å². The van der Waals surface area contributed by atoms with E-state index in [-0.39, 0.29) is 11.9 Å². The van der Waals surface area contributed by atoms with Crippen LogP contribution in [0, 0.1) is 12.8 Å². The molecule has 5 rings (SSSR count). The Kier molecular flexibility index (Phi) is 8.42. The van der Waals surface area contributed by atoms with Gasteiger partial charge in [-0.15, -0.1) is 0 Å². The molecule has 1 aliphatic carbocycles. The first kappa shape index (κ1) is 25.7.